The van der Waals surface area contributed by atoms with Crippen molar-refractivity contribution in [1.82, 2.24) is 15.1 Å². The van der Waals surface area contributed by atoms with Crippen molar-refractivity contribution in [3.63, 3.8) is 0 Å². The molecule has 118 valence electrons. The number of hydrogen-bond donors (Lipinski definition) is 1. The standard InChI is InChI=1S/C18H25N3O/c1-5-13(2)19-18(22)11-8-16-6-9-17(10-7-16)21-15(4)12-14(3)20-21/h6-7,9-10,12-13H,5,8,11H2,1-4H3,(H,19,22). The lowest BCUT2D eigenvalue weighted by molar-refractivity contribution is -0.121. The van der Waals surface area contributed by atoms with E-state index in [0.717, 1.165) is 29.9 Å². The minimum atomic E-state index is 0.122. The predicted molar refractivity (Wildman–Crippen MR) is 89.3 cm³/mol. The van der Waals surface area contributed by atoms with E-state index in [-0.39, 0.29) is 11.9 Å². The molecule has 22 heavy (non-hydrogen) atoms. The van der Waals surface area contributed by atoms with Crippen LogP contribution in [0.3, 0.4) is 0 Å². The molecule has 1 amide bonds. The van der Waals surface area contributed by atoms with E-state index in [1.54, 1.807) is 0 Å². The third-order valence-corrected chi connectivity index (χ3v) is 3.85. The maximum Gasteiger partial charge on any atom is 0.220 e. The van der Waals surface area contributed by atoms with E-state index in [4.69, 9.17) is 0 Å². The van der Waals surface area contributed by atoms with Crippen molar-refractivity contribution in [3.8, 4) is 5.69 Å². The van der Waals surface area contributed by atoms with Crippen LogP contribution in [0, 0.1) is 13.8 Å². The Labute approximate surface area is 132 Å². The van der Waals surface area contributed by atoms with Gasteiger partial charge in [0.05, 0.1) is 11.4 Å². The summed E-state index contributed by atoms with van der Waals surface area (Å²) in [5.41, 5.74) is 4.37. The highest BCUT2D eigenvalue weighted by molar-refractivity contribution is 5.76. The Kier molecular flexibility index (Phi) is 5.36. The summed E-state index contributed by atoms with van der Waals surface area (Å²) in [6.45, 7) is 8.14. The monoisotopic (exact) mass is 299 g/mol. The van der Waals surface area contributed by atoms with Gasteiger partial charge in [0.2, 0.25) is 5.91 Å². The number of amides is 1. The van der Waals surface area contributed by atoms with Crippen molar-refractivity contribution >= 4 is 5.91 Å². The molecule has 2 rings (SSSR count). The number of aromatic nitrogens is 2. The molecule has 1 unspecified atom stereocenters. The van der Waals surface area contributed by atoms with E-state index in [9.17, 15) is 4.79 Å². The molecule has 0 radical (unpaired) electrons. The van der Waals surface area contributed by atoms with Gasteiger partial charge in [0.15, 0.2) is 0 Å². The van der Waals surface area contributed by atoms with Gasteiger partial charge in [-0.25, -0.2) is 4.68 Å². The molecule has 0 bridgehead atoms. The number of carbonyl (C=O) groups excluding carboxylic acids is 1. The summed E-state index contributed by atoms with van der Waals surface area (Å²) in [5.74, 6) is 0.122. The first-order valence-electron chi connectivity index (χ1n) is 7.91. The van der Waals surface area contributed by atoms with Gasteiger partial charge in [-0.3, -0.25) is 4.79 Å². The third-order valence-electron chi connectivity index (χ3n) is 3.85. The maximum absolute atomic E-state index is 11.8. The summed E-state index contributed by atoms with van der Waals surface area (Å²) < 4.78 is 1.94. The summed E-state index contributed by atoms with van der Waals surface area (Å²) in [4.78, 5) is 11.8. The van der Waals surface area contributed by atoms with Gasteiger partial charge in [-0.15, -0.1) is 0 Å². The van der Waals surface area contributed by atoms with E-state index in [2.05, 4.69) is 47.7 Å². The smallest absolute Gasteiger partial charge is 0.220 e. The Hall–Kier alpha value is -2.10. The number of nitrogens with one attached hydrogen (secondary N) is 1. The number of rotatable bonds is 6. The van der Waals surface area contributed by atoms with Gasteiger partial charge in [-0.2, -0.15) is 5.10 Å². The number of carbonyl (C=O) groups is 1. The number of nitrogens with zero attached hydrogens (tertiary/aromatic N) is 2. The Morgan fingerprint density at radius 3 is 2.50 bits per heavy atom. The molecule has 0 aliphatic carbocycles. The Morgan fingerprint density at radius 2 is 1.95 bits per heavy atom. The van der Waals surface area contributed by atoms with Crippen molar-refractivity contribution in [3.05, 3.63) is 47.3 Å². The van der Waals surface area contributed by atoms with Gasteiger partial charge in [-0.1, -0.05) is 19.1 Å². The summed E-state index contributed by atoms with van der Waals surface area (Å²) in [5, 5.41) is 7.47. The van der Waals surface area contributed by atoms with Gasteiger partial charge in [0.25, 0.3) is 0 Å². The van der Waals surface area contributed by atoms with Crippen LogP contribution in [0.1, 0.15) is 43.6 Å². The molecule has 1 heterocycles. The van der Waals surface area contributed by atoms with Gasteiger partial charge in [0.1, 0.15) is 0 Å². The molecular weight excluding hydrogens is 274 g/mol. The molecule has 1 aromatic heterocycles. The van der Waals surface area contributed by atoms with Gasteiger partial charge < -0.3 is 5.32 Å². The average Bonchev–Trinajstić information content (AvgIpc) is 2.84. The van der Waals surface area contributed by atoms with E-state index in [0.29, 0.717) is 6.42 Å². The molecule has 4 nitrogen and oxygen atoms in total. The zero-order chi connectivity index (χ0) is 16.1. The second-order valence-electron chi connectivity index (χ2n) is 5.88. The lowest BCUT2D eigenvalue weighted by atomic mass is 10.1. The molecule has 1 N–H and O–H groups in total. The maximum atomic E-state index is 11.8. The van der Waals surface area contributed by atoms with Crippen LogP contribution < -0.4 is 5.32 Å². The molecule has 2 aromatic rings. The zero-order valence-electron chi connectivity index (χ0n) is 13.9. The molecule has 1 aromatic carbocycles. The van der Waals surface area contributed by atoms with Gasteiger partial charge in [0, 0.05) is 18.2 Å². The predicted octanol–water partition coefficient (Wildman–Crippen LogP) is 3.34. The molecule has 0 saturated carbocycles. The first-order chi connectivity index (χ1) is 10.5. The average molecular weight is 299 g/mol. The van der Waals surface area contributed by atoms with Crippen LogP contribution in [-0.2, 0) is 11.2 Å². The summed E-state index contributed by atoms with van der Waals surface area (Å²) >= 11 is 0. The molecule has 0 spiro atoms. The van der Waals surface area contributed by atoms with Crippen LogP contribution in [0.4, 0.5) is 0 Å². The lowest BCUT2D eigenvalue weighted by Crippen LogP contribution is -2.31. The van der Waals surface area contributed by atoms with Crippen LogP contribution in [0.25, 0.3) is 5.69 Å². The van der Waals surface area contributed by atoms with Gasteiger partial charge >= 0.3 is 0 Å². The molecular formula is C18H25N3O. The normalized spacial score (nSPS) is 12.2. The summed E-state index contributed by atoms with van der Waals surface area (Å²) in [7, 11) is 0. The van der Waals surface area contributed by atoms with E-state index < -0.39 is 0 Å². The van der Waals surface area contributed by atoms with E-state index >= 15 is 0 Å². The van der Waals surface area contributed by atoms with Gasteiger partial charge in [-0.05, 0) is 57.4 Å². The minimum absolute atomic E-state index is 0.122. The Bertz CT molecular complexity index is 628. The Balaban J connectivity index is 1.95. The van der Waals surface area contributed by atoms with E-state index in [1.165, 1.54) is 5.56 Å². The minimum Gasteiger partial charge on any atom is -0.354 e. The van der Waals surface area contributed by atoms with Crippen molar-refractivity contribution in [2.75, 3.05) is 0 Å². The highest BCUT2D eigenvalue weighted by atomic mass is 16.1. The largest absolute Gasteiger partial charge is 0.354 e. The number of aryl methyl sites for hydroxylation is 3. The van der Waals surface area contributed by atoms with Crippen molar-refractivity contribution in [1.29, 1.82) is 0 Å². The highest BCUT2D eigenvalue weighted by Gasteiger charge is 2.07. The number of benzene rings is 1. The molecule has 0 saturated heterocycles. The zero-order valence-corrected chi connectivity index (χ0v) is 13.9. The van der Waals surface area contributed by atoms with Crippen molar-refractivity contribution < 1.29 is 4.79 Å². The highest BCUT2D eigenvalue weighted by Crippen LogP contribution is 2.14. The van der Waals surface area contributed by atoms with E-state index in [1.807, 2.05) is 25.5 Å². The SMILES string of the molecule is CCC(C)NC(=O)CCc1ccc(-n2nc(C)cc2C)cc1. The first kappa shape index (κ1) is 16.3. The quantitative estimate of drug-likeness (QED) is 0.889. The molecule has 0 aliphatic rings. The van der Waals surface area contributed by atoms with Crippen LogP contribution in [-0.4, -0.2) is 21.7 Å². The van der Waals surface area contributed by atoms with Crippen LogP contribution in [0.15, 0.2) is 30.3 Å². The topological polar surface area (TPSA) is 46.9 Å². The van der Waals surface area contributed by atoms with Crippen molar-refractivity contribution in [2.45, 2.75) is 53.0 Å². The fraction of sp³-hybridized carbons (Fsp3) is 0.444. The lowest BCUT2D eigenvalue weighted by Gasteiger charge is -2.11. The first-order valence-corrected chi connectivity index (χ1v) is 7.91. The third kappa shape index (κ3) is 4.20. The van der Waals surface area contributed by atoms with Crippen LogP contribution in [0.5, 0.6) is 0 Å². The summed E-state index contributed by atoms with van der Waals surface area (Å²) in [6, 6.07) is 10.6. The second kappa shape index (κ2) is 7.25. The van der Waals surface area contributed by atoms with Crippen LogP contribution in [0.2, 0.25) is 0 Å². The molecule has 0 fully saturated rings. The Morgan fingerprint density at radius 1 is 1.27 bits per heavy atom. The second-order valence-corrected chi connectivity index (χ2v) is 5.88. The molecule has 1 atom stereocenters. The fourth-order valence-corrected chi connectivity index (χ4v) is 2.40. The fourth-order valence-electron chi connectivity index (χ4n) is 2.40. The molecule has 4 heteroatoms. The van der Waals surface area contributed by atoms with Crippen molar-refractivity contribution in [2.24, 2.45) is 0 Å². The number of hydrogen-bond acceptors (Lipinski definition) is 2. The summed E-state index contributed by atoms with van der Waals surface area (Å²) in [6.07, 6.45) is 2.26. The molecule has 0 aliphatic heterocycles. The van der Waals surface area contributed by atoms with Crippen LogP contribution >= 0.6 is 0 Å².